The fraction of sp³-hybridized carbons (Fsp3) is 1.00. The molecular weight excluding hydrogens is 855 g/mol. The van der Waals surface area contributed by atoms with Crippen molar-refractivity contribution < 1.29 is 81.7 Å². The Bertz CT molecular complexity index is 560. The van der Waals surface area contributed by atoms with E-state index in [0.29, 0.717) is 77.0 Å². The van der Waals surface area contributed by atoms with Gasteiger partial charge in [0.05, 0.1) is 70.1 Å². The molecule has 0 aromatic carbocycles. The van der Waals surface area contributed by atoms with E-state index < -0.39 is 102 Å². The Balaban J connectivity index is -0.000000192. The molecule has 0 saturated carbocycles. The molecule has 0 radical (unpaired) electrons. The molecule has 0 aliphatic heterocycles. The molecule has 17 heteroatoms. The second kappa shape index (κ2) is 39.4. The molecule has 0 aromatic rings. The van der Waals surface area contributed by atoms with Gasteiger partial charge in [-0.05, 0) is 109 Å². The molecule has 0 aromatic heterocycles. The molecule has 330 valence electrons. The van der Waals surface area contributed by atoms with Gasteiger partial charge < -0.3 is 61.3 Å². The maximum atomic E-state index is 9.63. The summed E-state index contributed by atoms with van der Waals surface area (Å²) >= 11 is 0. The number of aliphatic hydroxyl groups is 12. The minimum atomic E-state index is -1.08. The van der Waals surface area contributed by atoms with Crippen LogP contribution in [0.25, 0.3) is 0 Å². The zero-order valence-corrected chi connectivity index (χ0v) is 40.0. The Morgan fingerprint density at radius 1 is 0.208 bits per heavy atom. The van der Waals surface area contributed by atoms with E-state index in [1.54, 1.807) is 0 Å². The molecule has 0 amide bonds. The van der Waals surface area contributed by atoms with Crippen molar-refractivity contribution >= 4 is 31.7 Å². The van der Waals surface area contributed by atoms with E-state index in [9.17, 15) is 61.3 Å². The maximum absolute atomic E-state index is 9.63. The van der Waals surface area contributed by atoms with Crippen LogP contribution in [-0.2, 0) is 20.4 Å². The molecule has 0 bridgehead atoms. The summed E-state index contributed by atoms with van der Waals surface area (Å²) in [6.07, 6.45) is 7.16. The standard InChI is InChI=1S/4C9H21O3P.Pd/c4*1-4-7(10)13(8(11)5-2)9(12)6-3;/h4*7-12H,4-6H2,1-3H3;. The summed E-state index contributed by atoms with van der Waals surface area (Å²) in [6, 6.07) is 0. The summed E-state index contributed by atoms with van der Waals surface area (Å²) in [5.74, 6) is -6.50. The number of rotatable bonds is 24. The number of hydrogen-bond acceptors (Lipinski definition) is 12. The predicted octanol–water partition coefficient (Wildman–Crippen LogP) is 6.61. The molecule has 0 rings (SSSR count). The molecule has 12 N–H and O–H groups in total. The summed E-state index contributed by atoms with van der Waals surface area (Å²) < 4.78 is 0. The second-order valence-electron chi connectivity index (χ2n) is 12.5. The van der Waals surface area contributed by atoms with Gasteiger partial charge in [0.1, 0.15) is 0 Å². The Hall–Kier alpha value is 1.90. The van der Waals surface area contributed by atoms with Crippen LogP contribution in [0.5, 0.6) is 0 Å². The number of hydrogen-bond donors (Lipinski definition) is 12. The Labute approximate surface area is 342 Å². The third-order valence-corrected chi connectivity index (χ3v) is 21.2. The van der Waals surface area contributed by atoms with Crippen molar-refractivity contribution in [1.29, 1.82) is 0 Å². The van der Waals surface area contributed by atoms with Gasteiger partial charge in [-0.3, -0.25) is 0 Å². The summed E-state index contributed by atoms with van der Waals surface area (Å²) in [5.41, 5.74) is 0. The van der Waals surface area contributed by atoms with Crippen molar-refractivity contribution in [2.45, 2.75) is 230 Å². The number of aliphatic hydroxyl groups excluding tert-OH is 12. The first-order chi connectivity index (χ1) is 24.3. The fourth-order valence-electron chi connectivity index (χ4n) is 4.91. The average Bonchev–Trinajstić information content (AvgIpc) is 3.17. The largest absolute Gasteiger partial charge is 0.388 e. The molecule has 12 nitrogen and oxygen atoms in total. The van der Waals surface area contributed by atoms with Crippen molar-refractivity contribution in [1.82, 2.24) is 0 Å². The van der Waals surface area contributed by atoms with E-state index in [-0.39, 0.29) is 20.4 Å². The Kier molecular flexibility index (Phi) is 47.6. The molecule has 0 heterocycles. The fourth-order valence-corrected chi connectivity index (χ4v) is 14.7. The van der Waals surface area contributed by atoms with Crippen LogP contribution in [0.15, 0.2) is 0 Å². The quantitative estimate of drug-likeness (QED) is 0.0362. The zero-order chi connectivity index (χ0) is 41.7. The minimum Gasteiger partial charge on any atom is -0.388 e. The molecule has 0 aliphatic rings. The van der Waals surface area contributed by atoms with Crippen molar-refractivity contribution in [3.8, 4) is 0 Å². The van der Waals surface area contributed by atoms with Crippen LogP contribution in [0.2, 0.25) is 0 Å². The minimum absolute atomic E-state index is 0. The summed E-state index contributed by atoms with van der Waals surface area (Å²) in [4.78, 5) is 0. The molecule has 53 heavy (non-hydrogen) atoms. The van der Waals surface area contributed by atoms with Gasteiger partial charge in [0, 0.05) is 20.4 Å². The first-order valence-electron chi connectivity index (χ1n) is 19.6. The van der Waals surface area contributed by atoms with E-state index >= 15 is 0 Å². The van der Waals surface area contributed by atoms with Gasteiger partial charge in [-0.25, -0.2) is 0 Å². The van der Waals surface area contributed by atoms with E-state index in [2.05, 4.69) is 0 Å². The third-order valence-electron chi connectivity index (χ3n) is 8.51. The summed E-state index contributed by atoms with van der Waals surface area (Å²) in [5, 5.41) is 116. The van der Waals surface area contributed by atoms with E-state index in [1.807, 2.05) is 83.1 Å². The monoisotopic (exact) mass is 938 g/mol. The molecule has 12 unspecified atom stereocenters. The van der Waals surface area contributed by atoms with Gasteiger partial charge in [0.2, 0.25) is 0 Å². The van der Waals surface area contributed by atoms with Gasteiger partial charge in [0.25, 0.3) is 0 Å². The summed E-state index contributed by atoms with van der Waals surface area (Å²) in [7, 11) is -4.31. The van der Waals surface area contributed by atoms with Crippen molar-refractivity contribution in [2.24, 2.45) is 0 Å². The third kappa shape index (κ3) is 26.6. The van der Waals surface area contributed by atoms with Gasteiger partial charge in [0.15, 0.2) is 0 Å². The molecular formula is C36H84O12P4Pd. The topological polar surface area (TPSA) is 243 Å². The van der Waals surface area contributed by atoms with Crippen LogP contribution >= 0.6 is 31.7 Å². The zero-order valence-electron chi connectivity index (χ0n) is 34.9. The van der Waals surface area contributed by atoms with Crippen LogP contribution in [0.1, 0.15) is 160 Å². The van der Waals surface area contributed by atoms with Crippen LogP contribution in [-0.4, -0.2) is 131 Å². The van der Waals surface area contributed by atoms with Crippen LogP contribution in [0.4, 0.5) is 0 Å². The Morgan fingerprint density at radius 2 is 0.264 bits per heavy atom. The van der Waals surface area contributed by atoms with Crippen LogP contribution in [0, 0.1) is 0 Å². The molecule has 0 spiro atoms. The van der Waals surface area contributed by atoms with E-state index in [0.717, 1.165) is 0 Å². The van der Waals surface area contributed by atoms with Crippen molar-refractivity contribution in [3.63, 3.8) is 0 Å². The first kappa shape index (κ1) is 64.1. The van der Waals surface area contributed by atoms with Gasteiger partial charge >= 0.3 is 0 Å². The van der Waals surface area contributed by atoms with E-state index in [1.165, 1.54) is 0 Å². The van der Waals surface area contributed by atoms with Gasteiger partial charge in [-0.1, -0.05) is 83.1 Å². The van der Waals surface area contributed by atoms with Gasteiger partial charge in [-0.15, -0.1) is 0 Å². The first-order valence-corrected chi connectivity index (χ1v) is 25.8. The van der Waals surface area contributed by atoms with Crippen LogP contribution in [0.3, 0.4) is 0 Å². The smallest absolute Gasteiger partial charge is 0.0778 e. The van der Waals surface area contributed by atoms with Gasteiger partial charge in [-0.2, -0.15) is 0 Å². The van der Waals surface area contributed by atoms with Crippen molar-refractivity contribution in [3.05, 3.63) is 0 Å². The molecule has 0 aliphatic carbocycles. The second-order valence-corrected chi connectivity index (χ2v) is 23.2. The predicted molar refractivity (Wildman–Crippen MR) is 223 cm³/mol. The molecule has 12 atom stereocenters. The maximum Gasteiger partial charge on any atom is 0.0778 e. The normalized spacial score (nSPS) is 20.4. The SMILES string of the molecule is CCC(O)P(C(O)CC)C(O)CC.CCC(O)P(C(O)CC)C(O)CC.CCC(O)P(C(O)CC)C(O)CC.CCC(O)P(C(O)CC)C(O)CC.[Pd]. The molecule has 0 saturated heterocycles. The van der Waals surface area contributed by atoms with Crippen molar-refractivity contribution in [2.75, 3.05) is 0 Å². The summed E-state index contributed by atoms with van der Waals surface area (Å²) in [6.45, 7) is 22.4. The van der Waals surface area contributed by atoms with E-state index in [4.69, 9.17) is 0 Å². The van der Waals surface area contributed by atoms with Crippen LogP contribution < -0.4 is 0 Å². The molecule has 0 fully saturated rings. The average molecular weight is 939 g/mol. The Morgan fingerprint density at radius 3 is 0.302 bits per heavy atom.